The van der Waals surface area contributed by atoms with Crippen LogP contribution < -0.4 is 116 Å². The van der Waals surface area contributed by atoms with Crippen molar-refractivity contribution in [2.24, 2.45) is 67.3 Å². The molecule has 15 amide bonds. The lowest BCUT2D eigenvalue weighted by Crippen LogP contribution is -2.61. The summed E-state index contributed by atoms with van der Waals surface area (Å²) in [5.74, 6) is -10.6. The van der Waals surface area contributed by atoms with Gasteiger partial charge in [-0.15, -0.1) is 0 Å². The van der Waals surface area contributed by atoms with Crippen LogP contribution in [0.25, 0.3) is 0 Å². The predicted molar refractivity (Wildman–Crippen MR) is 400 cm³/mol. The van der Waals surface area contributed by atoms with E-state index in [1.807, 2.05) is 0 Å². The summed E-state index contributed by atoms with van der Waals surface area (Å²) in [7, 11) is 0. The van der Waals surface area contributed by atoms with Crippen molar-refractivity contribution >= 4 is 114 Å². The van der Waals surface area contributed by atoms with E-state index in [0.717, 1.165) is 0 Å². The average Bonchev–Trinajstić information content (AvgIpc) is 1.89. The number of primary amides is 3. The highest BCUT2D eigenvalue weighted by Crippen LogP contribution is 2.22. The van der Waals surface area contributed by atoms with E-state index in [1.165, 1.54) is 53.4 Å². The zero-order valence-electron chi connectivity index (χ0n) is 59.3. The second kappa shape index (κ2) is 48.8. The van der Waals surface area contributed by atoms with E-state index in [2.05, 4.69) is 93.7 Å². The molecule has 0 saturated carbocycles. The Bertz CT molecular complexity index is 3280. The summed E-state index contributed by atoms with van der Waals surface area (Å²) in [4.78, 5) is 189. The number of phenolic OH excluding ortho intramolecular Hbond substituents is 2. The molecule has 0 unspecified atom stereocenters. The molecule has 11 atom stereocenters. The van der Waals surface area contributed by atoms with Gasteiger partial charge in [0.1, 0.15) is 71.9 Å². The zero-order valence-corrected chi connectivity index (χ0v) is 61.1. The van der Waals surface area contributed by atoms with Crippen molar-refractivity contribution in [2.75, 3.05) is 57.3 Å². The molecule has 1 aliphatic rings. The number of urea groups is 2. The van der Waals surface area contributed by atoms with Crippen LogP contribution in [-0.2, 0) is 65.6 Å². The van der Waals surface area contributed by atoms with Crippen molar-refractivity contribution in [2.45, 2.75) is 182 Å². The molecule has 1 fully saturated rings. The van der Waals surface area contributed by atoms with E-state index < -0.39 is 144 Å². The Labute approximate surface area is 625 Å². The number of phenols is 2. The Balaban J connectivity index is 2.03. The minimum Gasteiger partial charge on any atom is -0.508 e. The number of likely N-dealkylation sites (tertiary alicyclic amines) is 1. The zero-order chi connectivity index (χ0) is 78.8. The number of rotatable bonds is 50. The summed E-state index contributed by atoms with van der Waals surface area (Å²) in [6.07, 6.45) is 1.06. The second-order valence-electron chi connectivity index (χ2n) is 25.2. The number of carbonyl (C=O) groups is 13. The van der Waals surface area contributed by atoms with Crippen LogP contribution in [0.3, 0.4) is 0 Å². The number of benzene rings is 2. The first kappa shape index (κ1) is 90.1. The Kier molecular flexibility index (Phi) is 41.5. The van der Waals surface area contributed by atoms with Crippen molar-refractivity contribution in [1.29, 1.82) is 0 Å². The van der Waals surface area contributed by atoms with Crippen LogP contribution >= 0.6 is 25.3 Å². The number of nitrogens with one attached hydrogen (secondary N) is 11. The van der Waals surface area contributed by atoms with Crippen molar-refractivity contribution < 1.29 is 72.5 Å². The second-order valence-corrected chi connectivity index (χ2v) is 25.9. The molecule has 106 heavy (non-hydrogen) atoms. The smallest absolute Gasteiger partial charge is 0.312 e. The summed E-state index contributed by atoms with van der Waals surface area (Å²) >= 11 is 8.34. The van der Waals surface area contributed by atoms with Crippen LogP contribution in [0, 0.1) is 0 Å². The summed E-state index contributed by atoms with van der Waals surface area (Å²) < 4.78 is 0. The number of aliphatic imine (C=N–C) groups is 2. The molecule has 1 aliphatic heterocycles. The third kappa shape index (κ3) is 34.2. The lowest BCUT2D eigenvalue weighted by molar-refractivity contribution is -0.142. The molecule has 0 radical (unpaired) electrons. The standard InChI is InChI=1S/C65H108N24O15S2/c66-25-3-1-10-42(81-53(94)44(14-7-29-78-64(74)103)83-57(98)47(86-52(93)40(68)34-105)32-36-17-21-38(90)22-18-36)55(96)85-46(11-2-4-26-67)61(102)89-31-9-16-50(89)60(101)87-48(33-37-19-23-39(91)24-20-37)58(99)84-43(13-6-28-77-63(72)73)54(95)82-45(15-8-30-79-65(75)104)56(97)88-49(35-106)59(100)80-41(51(69)92)12-5-27-76-62(70)71/h17-24,40-50,90-91,105-106H,1-16,25-35,66-68H2,(H2,69,92)(H,80,100)(H,81,94)(H,82,95)(H,83,98)(H,84,99)(H,85,96)(H,86,93)(H,87,101)(H,88,97)(H4,70,71,76)(H4,72,73,77)(H3,74,78,103)(H3,75,79,104)/t40-,41-,42-,43-,44-,45-,46+,47-,48-,49-,50-/m0/s1. The fraction of sp³-hybridized carbons (Fsp3) is 0.585. The molecule has 39 nitrogen and oxygen atoms in total. The Morgan fingerprint density at radius 1 is 0.434 bits per heavy atom. The van der Waals surface area contributed by atoms with Crippen LogP contribution in [0.1, 0.15) is 114 Å². The Morgan fingerprint density at radius 2 is 0.783 bits per heavy atom. The third-order valence-corrected chi connectivity index (χ3v) is 17.5. The predicted octanol–water partition coefficient (Wildman–Crippen LogP) is -6.83. The number of carbonyl (C=O) groups excluding carboxylic acids is 13. The molecule has 2 aromatic carbocycles. The molecule has 2 aromatic rings. The van der Waals surface area contributed by atoms with Gasteiger partial charge in [0.2, 0.25) is 65.0 Å². The van der Waals surface area contributed by atoms with Gasteiger partial charge < -0.3 is 131 Å². The number of nitrogens with two attached hydrogens (primary N) is 10. The quantitative estimate of drug-likeness (QED) is 0.0127. The van der Waals surface area contributed by atoms with Gasteiger partial charge in [0, 0.05) is 57.1 Å². The van der Waals surface area contributed by atoms with E-state index in [9.17, 15) is 67.7 Å². The van der Waals surface area contributed by atoms with Crippen molar-refractivity contribution in [1.82, 2.24) is 63.4 Å². The van der Waals surface area contributed by atoms with Gasteiger partial charge in [0.15, 0.2) is 11.9 Å². The van der Waals surface area contributed by atoms with Crippen LogP contribution in [-0.4, -0.2) is 228 Å². The molecule has 0 aromatic heterocycles. The van der Waals surface area contributed by atoms with Gasteiger partial charge >= 0.3 is 12.1 Å². The fourth-order valence-electron chi connectivity index (χ4n) is 11.0. The molecular formula is C65H108N24O15S2. The van der Waals surface area contributed by atoms with Gasteiger partial charge in [-0.05, 0) is 151 Å². The highest BCUT2D eigenvalue weighted by molar-refractivity contribution is 7.80. The minimum absolute atomic E-state index is 0.00702. The van der Waals surface area contributed by atoms with Crippen molar-refractivity contribution in [3.05, 3.63) is 59.7 Å². The van der Waals surface area contributed by atoms with Gasteiger partial charge in [0.05, 0.1) is 6.04 Å². The molecular weight excluding hydrogens is 1420 g/mol. The highest BCUT2D eigenvalue weighted by atomic mass is 32.1. The molecule has 1 heterocycles. The Hall–Kier alpha value is -10.1. The SMILES string of the molecule is NCCCC[C@H](NC(=O)[C@H](CCCNC(N)=O)NC(=O)[C@H](Cc1ccc(O)cc1)NC(=O)[C@@H](N)CS)C(=O)N[C@H](CCCCN)C(=O)N1CCC[C@H]1C(=O)N[C@@H](Cc1ccc(O)cc1)C(=O)N[C@@H](CCCN=C(N)N)C(=O)N[C@@H](CCCNC(N)=O)C(=O)N[C@@H](CS)C(=O)N[C@@H](CCCN=C(N)N)C(N)=O. The lowest BCUT2D eigenvalue weighted by Gasteiger charge is -2.31. The molecule has 0 aliphatic carbocycles. The summed E-state index contributed by atoms with van der Waals surface area (Å²) in [6, 6.07) is -5.46. The van der Waals surface area contributed by atoms with E-state index >= 15 is 4.79 Å². The molecule has 33 N–H and O–H groups in total. The van der Waals surface area contributed by atoms with Crippen LogP contribution in [0.4, 0.5) is 9.59 Å². The van der Waals surface area contributed by atoms with Gasteiger partial charge in [-0.3, -0.25) is 62.7 Å². The van der Waals surface area contributed by atoms with Crippen LogP contribution in [0.2, 0.25) is 0 Å². The number of guanidine groups is 2. The largest absolute Gasteiger partial charge is 0.508 e. The topological polar surface area (TPSA) is 683 Å². The normalized spacial score (nSPS) is 15.2. The summed E-state index contributed by atoms with van der Waals surface area (Å²) in [5, 5.41) is 48.7. The Morgan fingerprint density at radius 3 is 1.18 bits per heavy atom. The number of thiol groups is 2. The first-order chi connectivity index (χ1) is 50.4. The van der Waals surface area contributed by atoms with E-state index in [1.54, 1.807) is 0 Å². The summed E-state index contributed by atoms with van der Waals surface area (Å²) in [5.41, 5.74) is 56.7. The van der Waals surface area contributed by atoms with E-state index in [0.29, 0.717) is 30.4 Å². The highest BCUT2D eigenvalue weighted by Gasteiger charge is 2.41. The number of amides is 15. The maximum absolute atomic E-state index is 15.1. The minimum atomic E-state index is -1.54. The average molecular weight is 1530 g/mol. The molecule has 0 bridgehead atoms. The molecule has 41 heteroatoms. The maximum atomic E-state index is 15.1. The van der Waals surface area contributed by atoms with Crippen molar-refractivity contribution in [3.8, 4) is 11.5 Å². The van der Waals surface area contributed by atoms with Gasteiger partial charge in [-0.1, -0.05) is 24.3 Å². The van der Waals surface area contributed by atoms with Gasteiger partial charge in [-0.2, -0.15) is 25.3 Å². The van der Waals surface area contributed by atoms with Crippen molar-refractivity contribution in [3.63, 3.8) is 0 Å². The third-order valence-electron chi connectivity index (χ3n) is 16.7. The molecule has 590 valence electrons. The van der Waals surface area contributed by atoms with Crippen LogP contribution in [0.5, 0.6) is 11.5 Å². The maximum Gasteiger partial charge on any atom is 0.312 e. The fourth-order valence-corrected chi connectivity index (χ4v) is 11.5. The number of unbranched alkanes of at least 4 members (excludes halogenated alkanes) is 2. The van der Waals surface area contributed by atoms with Crippen LogP contribution in [0.15, 0.2) is 58.5 Å². The van der Waals surface area contributed by atoms with E-state index in [-0.39, 0.29) is 177 Å². The number of aromatic hydroxyl groups is 2. The van der Waals surface area contributed by atoms with Gasteiger partial charge in [0.25, 0.3) is 0 Å². The molecule has 1 saturated heterocycles. The molecule has 0 spiro atoms. The number of hydrogen-bond acceptors (Lipinski definition) is 22. The lowest BCUT2D eigenvalue weighted by atomic mass is 10.0. The monoisotopic (exact) mass is 1530 g/mol. The molecule has 3 rings (SSSR count). The van der Waals surface area contributed by atoms with E-state index in [4.69, 9.17) is 57.3 Å². The summed E-state index contributed by atoms with van der Waals surface area (Å²) in [6.45, 7) is 0.322. The number of nitrogens with zero attached hydrogens (tertiary/aromatic N) is 3. The first-order valence-electron chi connectivity index (χ1n) is 34.9. The number of hydrogen-bond donors (Lipinski definition) is 25. The first-order valence-corrected chi connectivity index (χ1v) is 36.1. The van der Waals surface area contributed by atoms with Gasteiger partial charge in [-0.25, -0.2) is 9.59 Å².